The summed E-state index contributed by atoms with van der Waals surface area (Å²) in [5, 5.41) is 2.95. The fourth-order valence-corrected chi connectivity index (χ4v) is 3.24. The van der Waals surface area contributed by atoms with Crippen molar-refractivity contribution in [2.24, 2.45) is 0 Å². The van der Waals surface area contributed by atoms with E-state index in [0.29, 0.717) is 13.2 Å². The number of benzene rings is 2. The predicted molar refractivity (Wildman–Crippen MR) is 101 cm³/mol. The number of likely N-dealkylation sites (N-methyl/N-ethyl adjacent to an activating group) is 1. The highest BCUT2D eigenvalue weighted by Crippen LogP contribution is 2.30. The van der Waals surface area contributed by atoms with Crippen LogP contribution < -0.4 is 14.8 Å². The molecule has 3 rings (SSSR count). The maximum Gasteiger partial charge on any atom is 0.238 e. The molecule has 25 heavy (non-hydrogen) atoms. The van der Waals surface area contributed by atoms with Crippen molar-refractivity contribution in [1.82, 2.24) is 4.90 Å². The number of hydrogen-bond donors (Lipinski definition) is 1. The van der Waals surface area contributed by atoms with Gasteiger partial charge in [0, 0.05) is 16.7 Å². The third-order valence-electron chi connectivity index (χ3n) is 3.96. The third kappa shape index (κ3) is 4.74. The molecule has 0 aliphatic carbocycles. The minimum Gasteiger partial charge on any atom is -0.486 e. The second-order valence-corrected chi connectivity index (χ2v) is 7.12. The van der Waals surface area contributed by atoms with E-state index in [1.807, 2.05) is 61.3 Å². The van der Waals surface area contributed by atoms with Gasteiger partial charge in [0.25, 0.3) is 0 Å². The molecule has 0 bridgehead atoms. The van der Waals surface area contributed by atoms with Gasteiger partial charge < -0.3 is 14.8 Å². The molecule has 1 heterocycles. The van der Waals surface area contributed by atoms with Crippen LogP contribution in [-0.4, -0.2) is 43.7 Å². The van der Waals surface area contributed by atoms with Crippen molar-refractivity contribution < 1.29 is 14.3 Å². The van der Waals surface area contributed by atoms with E-state index < -0.39 is 0 Å². The van der Waals surface area contributed by atoms with Crippen molar-refractivity contribution in [2.75, 3.05) is 32.1 Å². The lowest BCUT2D eigenvalue weighted by Crippen LogP contribution is -2.42. The number of halogens is 1. The molecule has 2 aromatic carbocycles. The number of ether oxygens (including phenoxy) is 2. The highest BCUT2D eigenvalue weighted by atomic mass is 79.9. The molecule has 1 aliphatic heterocycles. The van der Waals surface area contributed by atoms with E-state index in [1.165, 1.54) is 0 Å². The van der Waals surface area contributed by atoms with Crippen LogP contribution in [0.3, 0.4) is 0 Å². The summed E-state index contributed by atoms with van der Waals surface area (Å²) in [7, 11) is 1.90. The largest absolute Gasteiger partial charge is 0.486 e. The van der Waals surface area contributed by atoms with Gasteiger partial charge in [-0.25, -0.2) is 0 Å². The molecule has 0 saturated carbocycles. The summed E-state index contributed by atoms with van der Waals surface area (Å²) in [4.78, 5) is 14.2. The van der Waals surface area contributed by atoms with Gasteiger partial charge in [0.2, 0.25) is 5.91 Å². The van der Waals surface area contributed by atoms with Crippen molar-refractivity contribution in [3.63, 3.8) is 0 Å². The molecule has 1 atom stereocenters. The Hall–Kier alpha value is -2.05. The van der Waals surface area contributed by atoms with E-state index in [4.69, 9.17) is 9.47 Å². The molecule has 0 aromatic heterocycles. The van der Waals surface area contributed by atoms with Crippen molar-refractivity contribution in [1.29, 1.82) is 0 Å². The highest BCUT2D eigenvalue weighted by molar-refractivity contribution is 9.10. The summed E-state index contributed by atoms with van der Waals surface area (Å²) >= 11 is 3.42. The normalized spacial score (nSPS) is 15.9. The number of anilines is 1. The molecule has 2 aromatic rings. The Morgan fingerprint density at radius 3 is 2.80 bits per heavy atom. The quantitative estimate of drug-likeness (QED) is 0.828. The number of hydrogen-bond acceptors (Lipinski definition) is 4. The van der Waals surface area contributed by atoms with Crippen LogP contribution in [0.4, 0.5) is 5.69 Å². The second kappa shape index (κ2) is 7.89. The molecule has 0 radical (unpaired) electrons. The number of aryl methyl sites for hydroxylation is 1. The number of nitrogens with one attached hydrogen (secondary N) is 1. The maximum absolute atomic E-state index is 12.3. The monoisotopic (exact) mass is 404 g/mol. The van der Waals surface area contributed by atoms with Crippen molar-refractivity contribution in [2.45, 2.75) is 13.0 Å². The molecular weight excluding hydrogens is 384 g/mol. The molecule has 0 unspecified atom stereocenters. The van der Waals surface area contributed by atoms with E-state index in [0.717, 1.165) is 27.2 Å². The van der Waals surface area contributed by atoms with Crippen LogP contribution in [0.15, 0.2) is 46.9 Å². The summed E-state index contributed by atoms with van der Waals surface area (Å²) in [6.07, 6.45) is -0.0953. The Morgan fingerprint density at radius 1 is 1.28 bits per heavy atom. The maximum atomic E-state index is 12.3. The summed E-state index contributed by atoms with van der Waals surface area (Å²) < 4.78 is 12.6. The second-order valence-electron chi connectivity index (χ2n) is 6.20. The molecule has 0 spiro atoms. The van der Waals surface area contributed by atoms with Crippen LogP contribution in [0.25, 0.3) is 0 Å². The molecule has 132 valence electrons. The van der Waals surface area contributed by atoms with Gasteiger partial charge in [-0.15, -0.1) is 0 Å². The first-order valence-electron chi connectivity index (χ1n) is 8.14. The van der Waals surface area contributed by atoms with Gasteiger partial charge in [0.05, 0.1) is 6.54 Å². The number of nitrogens with zero attached hydrogens (tertiary/aromatic N) is 1. The first kappa shape index (κ1) is 17.8. The third-order valence-corrected chi connectivity index (χ3v) is 4.45. The van der Waals surface area contributed by atoms with Crippen molar-refractivity contribution in [3.8, 4) is 11.5 Å². The molecular formula is C19H21BrN2O3. The molecule has 1 N–H and O–H groups in total. The minimum absolute atomic E-state index is 0.0509. The van der Waals surface area contributed by atoms with Crippen molar-refractivity contribution >= 4 is 27.5 Å². The van der Waals surface area contributed by atoms with E-state index in [2.05, 4.69) is 21.2 Å². The average Bonchev–Trinajstić information content (AvgIpc) is 2.57. The average molecular weight is 405 g/mol. The summed E-state index contributed by atoms with van der Waals surface area (Å²) in [5.41, 5.74) is 1.85. The molecule has 0 saturated heterocycles. The van der Waals surface area contributed by atoms with Gasteiger partial charge >= 0.3 is 0 Å². The van der Waals surface area contributed by atoms with E-state index in [-0.39, 0.29) is 18.6 Å². The first-order valence-corrected chi connectivity index (χ1v) is 8.93. The molecule has 5 nitrogen and oxygen atoms in total. The fraction of sp³-hybridized carbons (Fsp3) is 0.316. The topological polar surface area (TPSA) is 50.8 Å². The van der Waals surface area contributed by atoms with Gasteiger partial charge in [-0.1, -0.05) is 28.1 Å². The predicted octanol–water partition coefficient (Wildman–Crippen LogP) is 3.47. The smallest absolute Gasteiger partial charge is 0.238 e. The van der Waals surface area contributed by atoms with Gasteiger partial charge in [-0.05, 0) is 49.9 Å². The Bertz CT molecular complexity index is 766. The van der Waals surface area contributed by atoms with Gasteiger partial charge in [0.1, 0.15) is 12.7 Å². The summed E-state index contributed by atoms with van der Waals surface area (Å²) in [6, 6.07) is 13.4. The molecule has 0 fully saturated rings. The number of amides is 1. The van der Waals surface area contributed by atoms with Crippen LogP contribution in [0.2, 0.25) is 0 Å². The summed E-state index contributed by atoms with van der Waals surface area (Å²) in [5.74, 6) is 1.47. The van der Waals surface area contributed by atoms with Gasteiger partial charge in [-0.3, -0.25) is 9.69 Å². The SMILES string of the molecule is Cc1cc(Br)ccc1NC(=O)CN(C)C[C@H]1COc2ccccc2O1. The van der Waals surface area contributed by atoms with Crippen LogP contribution in [-0.2, 0) is 4.79 Å². The van der Waals surface area contributed by atoms with Crippen LogP contribution in [0, 0.1) is 6.92 Å². The number of fused-ring (bicyclic) bond motifs is 1. The Labute approximate surface area is 156 Å². The Balaban J connectivity index is 1.51. The Kier molecular flexibility index (Phi) is 5.60. The van der Waals surface area contributed by atoms with E-state index in [9.17, 15) is 4.79 Å². The molecule has 1 aliphatic rings. The van der Waals surface area contributed by atoms with Gasteiger partial charge in [-0.2, -0.15) is 0 Å². The zero-order valence-corrected chi connectivity index (χ0v) is 15.9. The highest BCUT2D eigenvalue weighted by Gasteiger charge is 2.22. The number of carbonyl (C=O) groups is 1. The van der Waals surface area contributed by atoms with Gasteiger partial charge in [0.15, 0.2) is 11.5 Å². The number of para-hydroxylation sites is 2. The lowest BCUT2D eigenvalue weighted by Gasteiger charge is -2.29. The zero-order valence-electron chi connectivity index (χ0n) is 14.3. The van der Waals surface area contributed by atoms with Crippen molar-refractivity contribution in [3.05, 3.63) is 52.5 Å². The molecule has 6 heteroatoms. The molecule has 1 amide bonds. The fourth-order valence-electron chi connectivity index (χ4n) is 2.77. The van der Waals surface area contributed by atoms with Crippen LogP contribution >= 0.6 is 15.9 Å². The number of rotatable bonds is 5. The standard InChI is InChI=1S/C19H21BrN2O3/c1-13-9-14(20)7-8-16(13)21-19(23)11-22(2)10-15-12-24-17-5-3-4-6-18(17)25-15/h3-9,15H,10-12H2,1-2H3,(H,21,23)/t15-/m0/s1. The number of carbonyl (C=O) groups excluding carboxylic acids is 1. The van der Waals surface area contributed by atoms with E-state index in [1.54, 1.807) is 0 Å². The van der Waals surface area contributed by atoms with E-state index >= 15 is 0 Å². The van der Waals surface area contributed by atoms with Crippen LogP contribution in [0.5, 0.6) is 11.5 Å². The Morgan fingerprint density at radius 2 is 2.04 bits per heavy atom. The van der Waals surface area contributed by atoms with Crippen LogP contribution in [0.1, 0.15) is 5.56 Å². The first-order chi connectivity index (χ1) is 12.0. The zero-order chi connectivity index (χ0) is 17.8. The summed E-state index contributed by atoms with van der Waals surface area (Å²) in [6.45, 7) is 3.35. The lowest BCUT2D eigenvalue weighted by atomic mass is 10.2. The minimum atomic E-state index is -0.0953. The lowest BCUT2D eigenvalue weighted by molar-refractivity contribution is -0.117.